The molecule has 0 saturated carbocycles. The lowest BCUT2D eigenvalue weighted by molar-refractivity contribution is 0.561. The first-order valence-corrected chi connectivity index (χ1v) is 6.17. The van der Waals surface area contributed by atoms with Crippen LogP contribution < -0.4 is 11.1 Å². The van der Waals surface area contributed by atoms with Gasteiger partial charge in [0, 0.05) is 12.2 Å². The Morgan fingerprint density at radius 1 is 1.12 bits per heavy atom. The van der Waals surface area contributed by atoms with E-state index in [9.17, 15) is 0 Å². The van der Waals surface area contributed by atoms with Gasteiger partial charge < -0.3 is 11.1 Å². The maximum Gasteiger partial charge on any atom is 0.0340 e. The third kappa shape index (κ3) is 4.23. The minimum absolute atomic E-state index is 0.599. The fourth-order valence-corrected chi connectivity index (χ4v) is 1.57. The van der Waals surface area contributed by atoms with Crippen molar-refractivity contribution in [1.29, 1.82) is 0 Å². The second kappa shape index (κ2) is 6.54. The van der Waals surface area contributed by atoms with Crippen molar-refractivity contribution in [1.82, 2.24) is 0 Å². The van der Waals surface area contributed by atoms with Gasteiger partial charge in [0.2, 0.25) is 0 Å². The van der Waals surface area contributed by atoms with E-state index < -0.39 is 0 Å². The van der Waals surface area contributed by atoms with Gasteiger partial charge in [0.05, 0.1) is 0 Å². The summed E-state index contributed by atoms with van der Waals surface area (Å²) in [5, 5.41) is 3.42. The van der Waals surface area contributed by atoms with Crippen molar-refractivity contribution in [2.75, 3.05) is 18.4 Å². The zero-order valence-electron chi connectivity index (χ0n) is 10.7. The number of nitrogens with one attached hydrogen (secondary N) is 1. The van der Waals surface area contributed by atoms with Crippen LogP contribution in [0, 0.1) is 5.92 Å². The highest BCUT2D eigenvalue weighted by Crippen LogP contribution is 2.17. The van der Waals surface area contributed by atoms with E-state index in [1.807, 2.05) is 0 Å². The predicted molar refractivity (Wildman–Crippen MR) is 71.9 cm³/mol. The Morgan fingerprint density at radius 3 is 2.25 bits per heavy atom. The van der Waals surface area contributed by atoms with E-state index in [4.69, 9.17) is 5.73 Å². The standard InChI is InChI=1S/C14H24N2/c1-11(2)13-4-6-14(7-5-13)16-9-8-12(3)10-15/h4-7,11-12,16H,8-10,15H2,1-3H3. The molecule has 0 aromatic heterocycles. The number of nitrogens with two attached hydrogens (primary N) is 1. The highest BCUT2D eigenvalue weighted by Gasteiger charge is 2.00. The van der Waals surface area contributed by atoms with Gasteiger partial charge in [-0.1, -0.05) is 32.9 Å². The molecule has 90 valence electrons. The van der Waals surface area contributed by atoms with Crippen molar-refractivity contribution in [3.63, 3.8) is 0 Å². The molecule has 0 heterocycles. The van der Waals surface area contributed by atoms with Gasteiger partial charge in [-0.15, -0.1) is 0 Å². The van der Waals surface area contributed by atoms with Gasteiger partial charge in [0.15, 0.2) is 0 Å². The van der Waals surface area contributed by atoms with E-state index in [1.165, 1.54) is 11.3 Å². The summed E-state index contributed by atoms with van der Waals surface area (Å²) in [6, 6.07) is 8.70. The molecule has 2 heteroatoms. The molecule has 0 bridgehead atoms. The van der Waals surface area contributed by atoms with Gasteiger partial charge in [0.1, 0.15) is 0 Å². The van der Waals surface area contributed by atoms with Crippen LogP contribution in [0.2, 0.25) is 0 Å². The van der Waals surface area contributed by atoms with E-state index in [2.05, 4.69) is 50.4 Å². The summed E-state index contributed by atoms with van der Waals surface area (Å²) < 4.78 is 0. The Kier molecular flexibility index (Phi) is 5.33. The molecule has 1 atom stereocenters. The smallest absolute Gasteiger partial charge is 0.0340 e. The molecule has 0 fully saturated rings. The Balaban J connectivity index is 2.38. The van der Waals surface area contributed by atoms with E-state index >= 15 is 0 Å². The molecule has 16 heavy (non-hydrogen) atoms. The van der Waals surface area contributed by atoms with Crippen LogP contribution in [0.1, 0.15) is 38.7 Å². The van der Waals surface area contributed by atoms with Crippen LogP contribution in [0.5, 0.6) is 0 Å². The molecule has 0 aliphatic rings. The molecule has 1 unspecified atom stereocenters. The Morgan fingerprint density at radius 2 is 1.75 bits per heavy atom. The minimum atomic E-state index is 0.599. The first kappa shape index (κ1) is 13.0. The fourth-order valence-electron chi connectivity index (χ4n) is 1.57. The number of hydrogen-bond acceptors (Lipinski definition) is 2. The molecule has 1 aromatic rings. The van der Waals surface area contributed by atoms with Crippen LogP contribution in [0.4, 0.5) is 5.69 Å². The van der Waals surface area contributed by atoms with Gasteiger partial charge in [-0.05, 0) is 42.5 Å². The van der Waals surface area contributed by atoms with Crippen LogP contribution in [0.15, 0.2) is 24.3 Å². The van der Waals surface area contributed by atoms with Crippen LogP contribution in [0.25, 0.3) is 0 Å². The lowest BCUT2D eigenvalue weighted by Gasteiger charge is -2.11. The van der Waals surface area contributed by atoms with E-state index in [0.29, 0.717) is 11.8 Å². The highest BCUT2D eigenvalue weighted by atomic mass is 14.9. The summed E-state index contributed by atoms with van der Waals surface area (Å²) in [5.41, 5.74) is 8.17. The van der Waals surface area contributed by atoms with Crippen molar-refractivity contribution in [2.24, 2.45) is 11.7 Å². The summed E-state index contributed by atoms with van der Waals surface area (Å²) in [5.74, 6) is 1.20. The average molecular weight is 220 g/mol. The largest absolute Gasteiger partial charge is 0.385 e. The number of anilines is 1. The van der Waals surface area contributed by atoms with Crippen LogP contribution >= 0.6 is 0 Å². The molecule has 3 N–H and O–H groups in total. The third-order valence-electron chi connectivity index (χ3n) is 2.95. The lowest BCUT2D eigenvalue weighted by Crippen LogP contribution is -2.14. The molecule has 0 saturated heterocycles. The van der Waals surface area contributed by atoms with Crippen LogP contribution in [-0.2, 0) is 0 Å². The van der Waals surface area contributed by atoms with Crippen molar-refractivity contribution in [2.45, 2.75) is 33.1 Å². The van der Waals surface area contributed by atoms with Gasteiger partial charge >= 0.3 is 0 Å². The monoisotopic (exact) mass is 220 g/mol. The molecule has 2 nitrogen and oxygen atoms in total. The second-order valence-electron chi connectivity index (χ2n) is 4.83. The van der Waals surface area contributed by atoms with Crippen molar-refractivity contribution in [3.05, 3.63) is 29.8 Å². The third-order valence-corrected chi connectivity index (χ3v) is 2.95. The number of hydrogen-bond donors (Lipinski definition) is 2. The molecule has 0 aliphatic heterocycles. The summed E-state index contributed by atoms with van der Waals surface area (Å²) in [4.78, 5) is 0. The van der Waals surface area contributed by atoms with Crippen LogP contribution in [0.3, 0.4) is 0 Å². The first-order valence-electron chi connectivity index (χ1n) is 6.17. The fraction of sp³-hybridized carbons (Fsp3) is 0.571. The van der Waals surface area contributed by atoms with Gasteiger partial charge in [-0.2, -0.15) is 0 Å². The predicted octanol–water partition coefficient (Wildman–Crippen LogP) is 3.21. The maximum atomic E-state index is 5.58. The normalized spacial score (nSPS) is 12.8. The van der Waals surface area contributed by atoms with E-state index in [-0.39, 0.29) is 0 Å². The number of benzene rings is 1. The zero-order chi connectivity index (χ0) is 12.0. The second-order valence-corrected chi connectivity index (χ2v) is 4.83. The quantitative estimate of drug-likeness (QED) is 0.772. The SMILES string of the molecule is CC(CN)CCNc1ccc(C(C)C)cc1. The summed E-state index contributed by atoms with van der Waals surface area (Å²) >= 11 is 0. The van der Waals surface area contributed by atoms with Crippen molar-refractivity contribution < 1.29 is 0 Å². The average Bonchev–Trinajstić information content (AvgIpc) is 2.29. The summed E-state index contributed by atoms with van der Waals surface area (Å²) in [6.07, 6.45) is 1.13. The molecular formula is C14H24N2. The van der Waals surface area contributed by atoms with Gasteiger partial charge in [-0.3, -0.25) is 0 Å². The van der Waals surface area contributed by atoms with E-state index in [1.54, 1.807) is 0 Å². The van der Waals surface area contributed by atoms with E-state index in [0.717, 1.165) is 19.5 Å². The molecule has 1 aromatic carbocycles. The molecule has 0 radical (unpaired) electrons. The molecule has 0 amide bonds. The Bertz CT molecular complexity index is 290. The lowest BCUT2D eigenvalue weighted by atomic mass is 10.0. The van der Waals surface area contributed by atoms with Crippen LogP contribution in [-0.4, -0.2) is 13.1 Å². The Labute approximate surface area is 99.2 Å². The topological polar surface area (TPSA) is 38.0 Å². The number of rotatable bonds is 6. The molecule has 1 rings (SSSR count). The molecule has 0 spiro atoms. The zero-order valence-corrected chi connectivity index (χ0v) is 10.7. The van der Waals surface area contributed by atoms with Crippen molar-refractivity contribution in [3.8, 4) is 0 Å². The maximum absolute atomic E-state index is 5.58. The minimum Gasteiger partial charge on any atom is -0.385 e. The highest BCUT2D eigenvalue weighted by molar-refractivity contribution is 5.45. The molecule has 0 aliphatic carbocycles. The summed E-state index contributed by atoms with van der Waals surface area (Å²) in [6.45, 7) is 8.38. The first-order chi connectivity index (χ1) is 7.63. The summed E-state index contributed by atoms with van der Waals surface area (Å²) in [7, 11) is 0. The Hall–Kier alpha value is -1.02. The van der Waals surface area contributed by atoms with Gasteiger partial charge in [-0.25, -0.2) is 0 Å². The van der Waals surface area contributed by atoms with Crippen molar-refractivity contribution >= 4 is 5.69 Å². The van der Waals surface area contributed by atoms with Gasteiger partial charge in [0.25, 0.3) is 0 Å². The molecular weight excluding hydrogens is 196 g/mol.